The summed E-state index contributed by atoms with van der Waals surface area (Å²) in [7, 11) is 0. The molecule has 2 saturated carbocycles. The minimum absolute atomic E-state index is 0.759. The van der Waals surface area contributed by atoms with Gasteiger partial charge in [-0.2, -0.15) is 0 Å². The van der Waals surface area contributed by atoms with Gasteiger partial charge in [0.2, 0.25) is 0 Å². The van der Waals surface area contributed by atoms with Crippen LogP contribution in [0.4, 0.5) is 0 Å². The molecule has 0 heteroatoms. The van der Waals surface area contributed by atoms with Crippen molar-refractivity contribution in [2.24, 2.45) is 11.3 Å². The van der Waals surface area contributed by atoms with Crippen LogP contribution >= 0.6 is 0 Å². The van der Waals surface area contributed by atoms with Crippen molar-refractivity contribution in [3.05, 3.63) is 11.6 Å². The molecule has 0 spiro atoms. The molecule has 13 heavy (non-hydrogen) atoms. The Morgan fingerprint density at radius 3 is 2.15 bits per heavy atom. The summed E-state index contributed by atoms with van der Waals surface area (Å²) in [4.78, 5) is 0. The maximum absolute atomic E-state index is 2.54. The first-order chi connectivity index (χ1) is 6.42. The van der Waals surface area contributed by atoms with Crippen molar-refractivity contribution in [3.8, 4) is 0 Å². The highest BCUT2D eigenvalue weighted by atomic mass is 14.5. The summed E-state index contributed by atoms with van der Waals surface area (Å²) >= 11 is 0. The molecule has 0 saturated heterocycles. The lowest BCUT2D eigenvalue weighted by Gasteiger charge is -2.51. The molecule has 0 aromatic heterocycles. The fourth-order valence-corrected chi connectivity index (χ4v) is 3.77. The first kappa shape index (κ1) is 8.08. The summed E-state index contributed by atoms with van der Waals surface area (Å²) < 4.78 is 0. The highest BCUT2D eigenvalue weighted by Crippen LogP contribution is 2.59. The van der Waals surface area contributed by atoms with Crippen LogP contribution in [0.3, 0.4) is 0 Å². The number of hydrogen-bond acceptors (Lipinski definition) is 0. The molecule has 0 aliphatic heterocycles. The smallest absolute Gasteiger partial charge is 0.00597 e. The summed E-state index contributed by atoms with van der Waals surface area (Å²) in [6.45, 7) is 0. The Morgan fingerprint density at radius 1 is 1.08 bits per heavy atom. The highest BCUT2D eigenvalue weighted by molar-refractivity contribution is 5.26. The first-order valence-corrected chi connectivity index (χ1v) is 6.11. The molecule has 3 aliphatic rings. The Bertz CT molecular complexity index is 226. The second-order valence-corrected chi connectivity index (χ2v) is 5.26. The van der Waals surface area contributed by atoms with E-state index in [1.807, 2.05) is 5.57 Å². The van der Waals surface area contributed by atoms with Crippen LogP contribution < -0.4 is 0 Å². The van der Waals surface area contributed by atoms with E-state index in [4.69, 9.17) is 0 Å². The molecule has 0 radical (unpaired) electrons. The van der Waals surface area contributed by atoms with E-state index in [1.165, 1.54) is 57.8 Å². The van der Waals surface area contributed by atoms with Gasteiger partial charge >= 0.3 is 0 Å². The Balaban J connectivity index is 1.82. The molecule has 3 aliphatic carbocycles. The molecular weight excluding hydrogens is 156 g/mol. The summed E-state index contributed by atoms with van der Waals surface area (Å²) in [5.74, 6) is 1.09. The lowest BCUT2D eigenvalue weighted by atomic mass is 9.54. The van der Waals surface area contributed by atoms with Gasteiger partial charge in [-0.3, -0.25) is 0 Å². The molecule has 0 N–H and O–H groups in total. The molecule has 0 unspecified atom stereocenters. The van der Waals surface area contributed by atoms with Crippen molar-refractivity contribution >= 4 is 0 Å². The van der Waals surface area contributed by atoms with Crippen LogP contribution in [0.15, 0.2) is 11.6 Å². The van der Waals surface area contributed by atoms with Crippen LogP contribution in [0.5, 0.6) is 0 Å². The second kappa shape index (κ2) is 2.87. The maximum Gasteiger partial charge on any atom is -0.00597 e. The fourth-order valence-electron chi connectivity index (χ4n) is 3.77. The van der Waals surface area contributed by atoms with E-state index in [0.29, 0.717) is 0 Å². The van der Waals surface area contributed by atoms with Gasteiger partial charge < -0.3 is 0 Å². The van der Waals surface area contributed by atoms with Crippen LogP contribution in [0.25, 0.3) is 0 Å². The minimum Gasteiger partial charge on any atom is -0.0844 e. The van der Waals surface area contributed by atoms with E-state index in [9.17, 15) is 0 Å². The van der Waals surface area contributed by atoms with Gasteiger partial charge in [0.05, 0.1) is 0 Å². The summed E-state index contributed by atoms with van der Waals surface area (Å²) in [6.07, 6.45) is 16.0. The van der Waals surface area contributed by atoms with Gasteiger partial charge in [-0.1, -0.05) is 30.9 Å². The third-order valence-corrected chi connectivity index (χ3v) is 4.83. The standard InChI is InChI=1S/C13H20/c1-2-6-11(5-1)13(9-4-10-13)12-7-3-8-12/h7,11H,1-6,8-10H2. The third kappa shape index (κ3) is 1.04. The number of allylic oxidation sites excluding steroid dienone is 2. The van der Waals surface area contributed by atoms with E-state index in [0.717, 1.165) is 11.3 Å². The van der Waals surface area contributed by atoms with Crippen LogP contribution in [0.2, 0.25) is 0 Å². The van der Waals surface area contributed by atoms with E-state index >= 15 is 0 Å². The molecule has 0 amide bonds. The quantitative estimate of drug-likeness (QED) is 0.556. The van der Waals surface area contributed by atoms with Crippen molar-refractivity contribution in [1.29, 1.82) is 0 Å². The predicted octanol–water partition coefficient (Wildman–Crippen LogP) is 4.07. The summed E-state index contributed by atoms with van der Waals surface area (Å²) in [6, 6.07) is 0. The van der Waals surface area contributed by atoms with E-state index < -0.39 is 0 Å². The second-order valence-electron chi connectivity index (χ2n) is 5.26. The van der Waals surface area contributed by atoms with Crippen LogP contribution in [0.1, 0.15) is 57.8 Å². The largest absolute Gasteiger partial charge is 0.0844 e. The van der Waals surface area contributed by atoms with Crippen LogP contribution in [-0.4, -0.2) is 0 Å². The zero-order chi connectivity index (χ0) is 8.73. The zero-order valence-electron chi connectivity index (χ0n) is 8.52. The molecule has 0 heterocycles. The molecule has 0 nitrogen and oxygen atoms in total. The third-order valence-electron chi connectivity index (χ3n) is 4.83. The lowest BCUT2D eigenvalue weighted by molar-refractivity contribution is 0.0871. The number of hydrogen-bond donors (Lipinski definition) is 0. The van der Waals surface area contributed by atoms with E-state index in [-0.39, 0.29) is 0 Å². The highest BCUT2D eigenvalue weighted by Gasteiger charge is 2.47. The predicted molar refractivity (Wildman–Crippen MR) is 55.6 cm³/mol. The van der Waals surface area contributed by atoms with Crippen molar-refractivity contribution in [2.45, 2.75) is 57.8 Å². The SMILES string of the molecule is C1=C(C2(C3CCCC3)CCC2)CC1. The van der Waals surface area contributed by atoms with Gasteiger partial charge in [0, 0.05) is 0 Å². The van der Waals surface area contributed by atoms with Crippen LogP contribution in [-0.2, 0) is 0 Å². The van der Waals surface area contributed by atoms with Gasteiger partial charge in [0.25, 0.3) is 0 Å². The molecule has 0 atom stereocenters. The summed E-state index contributed by atoms with van der Waals surface area (Å²) in [5.41, 5.74) is 2.63. The minimum atomic E-state index is 0.759. The van der Waals surface area contributed by atoms with Gasteiger partial charge in [-0.25, -0.2) is 0 Å². The molecule has 2 fully saturated rings. The van der Waals surface area contributed by atoms with Crippen LogP contribution in [0, 0.1) is 11.3 Å². The Hall–Kier alpha value is -0.260. The molecule has 3 rings (SSSR count). The summed E-state index contributed by atoms with van der Waals surface area (Å²) in [5, 5.41) is 0. The molecule has 72 valence electrons. The van der Waals surface area contributed by atoms with Crippen molar-refractivity contribution in [2.75, 3.05) is 0 Å². The average Bonchev–Trinajstić information content (AvgIpc) is 2.43. The first-order valence-electron chi connectivity index (χ1n) is 6.11. The Morgan fingerprint density at radius 2 is 1.77 bits per heavy atom. The molecule has 0 bridgehead atoms. The van der Waals surface area contributed by atoms with Gasteiger partial charge in [0.1, 0.15) is 0 Å². The average molecular weight is 176 g/mol. The Kier molecular flexibility index (Phi) is 1.78. The monoisotopic (exact) mass is 176 g/mol. The normalized spacial score (nSPS) is 32.2. The van der Waals surface area contributed by atoms with E-state index in [2.05, 4.69) is 6.08 Å². The molecule has 0 aromatic rings. The van der Waals surface area contributed by atoms with Crippen molar-refractivity contribution in [1.82, 2.24) is 0 Å². The molecular formula is C13H20. The van der Waals surface area contributed by atoms with E-state index in [1.54, 1.807) is 0 Å². The van der Waals surface area contributed by atoms with Gasteiger partial charge in [0.15, 0.2) is 0 Å². The van der Waals surface area contributed by atoms with Gasteiger partial charge in [-0.05, 0) is 49.9 Å². The Labute approximate surface area is 81.4 Å². The topological polar surface area (TPSA) is 0 Å². The fraction of sp³-hybridized carbons (Fsp3) is 0.846. The number of rotatable bonds is 2. The van der Waals surface area contributed by atoms with Crippen molar-refractivity contribution < 1.29 is 0 Å². The van der Waals surface area contributed by atoms with Crippen molar-refractivity contribution in [3.63, 3.8) is 0 Å². The zero-order valence-corrected chi connectivity index (χ0v) is 8.52. The van der Waals surface area contributed by atoms with Gasteiger partial charge in [-0.15, -0.1) is 0 Å². The lowest BCUT2D eigenvalue weighted by Crippen LogP contribution is -2.39. The maximum atomic E-state index is 2.54. The molecule has 0 aromatic carbocycles.